The minimum absolute atomic E-state index is 0.199. The van der Waals surface area contributed by atoms with Crippen molar-refractivity contribution in [2.24, 2.45) is 0 Å². The average Bonchev–Trinajstić information content (AvgIpc) is 2.42. The molecule has 0 saturated carbocycles. The Kier molecular flexibility index (Phi) is 5.07. The molecule has 1 atom stereocenters. The van der Waals surface area contributed by atoms with Crippen molar-refractivity contribution in [1.82, 2.24) is 5.32 Å². The van der Waals surface area contributed by atoms with Crippen LogP contribution in [0.5, 0.6) is 0 Å². The van der Waals surface area contributed by atoms with Crippen molar-refractivity contribution in [2.45, 2.75) is 33.2 Å². The molecule has 2 aromatic rings. The zero-order chi connectivity index (χ0) is 15.4. The fourth-order valence-corrected chi connectivity index (χ4v) is 2.55. The smallest absolute Gasteiger partial charge is 0.123 e. The minimum Gasteiger partial charge on any atom is -0.306 e. The zero-order valence-electron chi connectivity index (χ0n) is 12.7. The predicted octanol–water partition coefficient (Wildman–Crippen LogP) is 4.67. The molecule has 0 bridgehead atoms. The van der Waals surface area contributed by atoms with Crippen LogP contribution < -0.4 is 5.32 Å². The largest absolute Gasteiger partial charge is 0.306 e. The van der Waals surface area contributed by atoms with Crippen molar-refractivity contribution in [3.63, 3.8) is 0 Å². The van der Waals surface area contributed by atoms with Crippen molar-refractivity contribution < 1.29 is 8.78 Å². The number of aryl methyl sites for hydroxylation is 2. The van der Waals surface area contributed by atoms with Gasteiger partial charge in [-0.3, -0.25) is 0 Å². The molecule has 1 nitrogen and oxygen atoms in total. The van der Waals surface area contributed by atoms with E-state index in [1.165, 1.54) is 24.3 Å². The van der Waals surface area contributed by atoms with E-state index in [2.05, 4.69) is 12.2 Å². The Hall–Kier alpha value is -1.74. The van der Waals surface area contributed by atoms with Crippen LogP contribution in [-0.4, -0.2) is 6.54 Å². The second-order valence-corrected chi connectivity index (χ2v) is 5.45. The standard InChI is InChI=1S/C18H21F2N/c1-4-7-21-18(14-8-12(2)9-16(20)10-14)17-11-15(19)6-5-13(17)3/h5-6,8-11,18,21H,4,7H2,1-3H3. The van der Waals surface area contributed by atoms with Crippen LogP contribution in [0.15, 0.2) is 36.4 Å². The van der Waals surface area contributed by atoms with E-state index >= 15 is 0 Å². The average molecular weight is 289 g/mol. The lowest BCUT2D eigenvalue weighted by Gasteiger charge is -2.22. The maximum Gasteiger partial charge on any atom is 0.123 e. The quantitative estimate of drug-likeness (QED) is 0.843. The van der Waals surface area contributed by atoms with Crippen molar-refractivity contribution in [2.75, 3.05) is 6.54 Å². The Bertz CT molecular complexity index is 602. The molecule has 0 saturated heterocycles. The second-order valence-electron chi connectivity index (χ2n) is 5.45. The van der Waals surface area contributed by atoms with Crippen LogP contribution in [-0.2, 0) is 0 Å². The molecule has 0 fully saturated rings. The van der Waals surface area contributed by atoms with Gasteiger partial charge in [-0.05, 0) is 73.3 Å². The molecule has 112 valence electrons. The first-order chi connectivity index (χ1) is 10.0. The van der Waals surface area contributed by atoms with E-state index in [9.17, 15) is 8.78 Å². The van der Waals surface area contributed by atoms with E-state index in [0.717, 1.165) is 35.2 Å². The summed E-state index contributed by atoms with van der Waals surface area (Å²) in [6.45, 7) is 6.67. The number of hydrogen-bond donors (Lipinski definition) is 1. The van der Waals surface area contributed by atoms with Crippen LogP contribution in [0, 0.1) is 25.5 Å². The highest BCUT2D eigenvalue weighted by Gasteiger charge is 2.17. The van der Waals surface area contributed by atoms with E-state index in [0.29, 0.717) is 0 Å². The third-order valence-electron chi connectivity index (χ3n) is 3.55. The first kappa shape index (κ1) is 15.6. The topological polar surface area (TPSA) is 12.0 Å². The number of halogens is 2. The maximum absolute atomic E-state index is 13.7. The normalized spacial score (nSPS) is 12.4. The van der Waals surface area contributed by atoms with Gasteiger partial charge in [0.25, 0.3) is 0 Å². The molecule has 0 aliphatic rings. The van der Waals surface area contributed by atoms with Crippen molar-refractivity contribution in [1.29, 1.82) is 0 Å². The summed E-state index contributed by atoms with van der Waals surface area (Å²) in [4.78, 5) is 0. The first-order valence-corrected chi connectivity index (χ1v) is 7.27. The summed E-state index contributed by atoms with van der Waals surface area (Å²) in [5.74, 6) is -0.533. The highest BCUT2D eigenvalue weighted by Crippen LogP contribution is 2.27. The van der Waals surface area contributed by atoms with Crippen LogP contribution in [0.3, 0.4) is 0 Å². The predicted molar refractivity (Wildman–Crippen MR) is 82.4 cm³/mol. The van der Waals surface area contributed by atoms with Crippen LogP contribution in [0.1, 0.15) is 41.6 Å². The Balaban J connectivity index is 2.49. The van der Waals surface area contributed by atoms with E-state index in [1.54, 1.807) is 6.07 Å². The molecule has 0 heterocycles. The summed E-state index contributed by atoms with van der Waals surface area (Å²) < 4.78 is 27.3. The van der Waals surface area contributed by atoms with Gasteiger partial charge < -0.3 is 5.32 Å². The number of rotatable bonds is 5. The van der Waals surface area contributed by atoms with Gasteiger partial charge >= 0.3 is 0 Å². The van der Waals surface area contributed by atoms with Gasteiger partial charge in [0, 0.05) is 0 Å². The van der Waals surface area contributed by atoms with Gasteiger partial charge in [-0.15, -0.1) is 0 Å². The summed E-state index contributed by atoms with van der Waals surface area (Å²) >= 11 is 0. The number of benzene rings is 2. The van der Waals surface area contributed by atoms with Gasteiger partial charge in [-0.25, -0.2) is 8.78 Å². The van der Waals surface area contributed by atoms with E-state index in [-0.39, 0.29) is 17.7 Å². The van der Waals surface area contributed by atoms with E-state index < -0.39 is 0 Å². The maximum atomic E-state index is 13.7. The van der Waals surface area contributed by atoms with Crippen molar-refractivity contribution in [3.05, 3.63) is 70.3 Å². The fraction of sp³-hybridized carbons (Fsp3) is 0.333. The van der Waals surface area contributed by atoms with Gasteiger partial charge in [0.15, 0.2) is 0 Å². The molecular formula is C18H21F2N. The third kappa shape index (κ3) is 3.88. The molecule has 21 heavy (non-hydrogen) atoms. The molecule has 0 aliphatic heterocycles. The summed E-state index contributed by atoms with van der Waals surface area (Å²) in [7, 11) is 0. The van der Waals surface area contributed by atoms with E-state index in [1.807, 2.05) is 19.9 Å². The van der Waals surface area contributed by atoms with Crippen LogP contribution in [0.25, 0.3) is 0 Å². The molecule has 1 N–H and O–H groups in total. The molecule has 3 heteroatoms. The Morgan fingerprint density at radius 1 is 1.00 bits per heavy atom. The molecule has 0 aromatic heterocycles. The van der Waals surface area contributed by atoms with Crippen molar-refractivity contribution in [3.8, 4) is 0 Å². The van der Waals surface area contributed by atoms with Crippen LogP contribution in [0.2, 0.25) is 0 Å². The summed E-state index contributed by atoms with van der Waals surface area (Å²) in [5, 5.41) is 3.39. The van der Waals surface area contributed by atoms with Crippen LogP contribution >= 0.6 is 0 Å². The highest BCUT2D eigenvalue weighted by atomic mass is 19.1. The van der Waals surface area contributed by atoms with Crippen molar-refractivity contribution >= 4 is 0 Å². The zero-order valence-corrected chi connectivity index (χ0v) is 12.7. The highest BCUT2D eigenvalue weighted by molar-refractivity contribution is 5.38. The molecule has 2 aromatic carbocycles. The summed E-state index contributed by atoms with van der Waals surface area (Å²) in [5.41, 5.74) is 3.54. The van der Waals surface area contributed by atoms with Gasteiger partial charge in [0.1, 0.15) is 11.6 Å². The lowest BCUT2D eigenvalue weighted by atomic mass is 9.93. The molecule has 0 amide bonds. The van der Waals surface area contributed by atoms with E-state index in [4.69, 9.17) is 0 Å². The Labute approximate surface area is 125 Å². The molecular weight excluding hydrogens is 268 g/mol. The molecule has 0 aliphatic carbocycles. The number of nitrogens with one attached hydrogen (secondary N) is 1. The molecule has 2 rings (SSSR count). The van der Waals surface area contributed by atoms with Gasteiger partial charge in [-0.1, -0.05) is 19.1 Å². The van der Waals surface area contributed by atoms with Gasteiger partial charge in [0.05, 0.1) is 6.04 Å². The Morgan fingerprint density at radius 3 is 2.43 bits per heavy atom. The lowest BCUT2D eigenvalue weighted by molar-refractivity contribution is 0.574. The molecule has 0 radical (unpaired) electrons. The minimum atomic E-state index is -0.271. The first-order valence-electron chi connectivity index (χ1n) is 7.27. The van der Waals surface area contributed by atoms with Gasteiger partial charge in [-0.2, -0.15) is 0 Å². The third-order valence-corrected chi connectivity index (χ3v) is 3.55. The summed E-state index contributed by atoms with van der Waals surface area (Å²) in [6, 6.07) is 9.51. The second kappa shape index (κ2) is 6.81. The Morgan fingerprint density at radius 2 is 1.76 bits per heavy atom. The number of hydrogen-bond acceptors (Lipinski definition) is 1. The monoisotopic (exact) mass is 289 g/mol. The molecule has 0 spiro atoms. The van der Waals surface area contributed by atoms with Crippen LogP contribution in [0.4, 0.5) is 8.78 Å². The lowest BCUT2D eigenvalue weighted by Crippen LogP contribution is -2.24. The molecule has 1 unspecified atom stereocenters. The SMILES string of the molecule is CCCNC(c1cc(C)cc(F)c1)c1cc(F)ccc1C. The van der Waals surface area contributed by atoms with Gasteiger partial charge in [0.2, 0.25) is 0 Å². The fourth-order valence-electron chi connectivity index (χ4n) is 2.55. The summed E-state index contributed by atoms with van der Waals surface area (Å²) in [6.07, 6.45) is 0.958.